The number of hydrogen-bond acceptors (Lipinski definition) is 4. The fourth-order valence-corrected chi connectivity index (χ4v) is 3.24. The van der Waals surface area contributed by atoms with Crippen LogP contribution in [-0.2, 0) is 0 Å². The average molecular weight is 383 g/mol. The van der Waals surface area contributed by atoms with Gasteiger partial charge in [-0.2, -0.15) is 0 Å². The van der Waals surface area contributed by atoms with Gasteiger partial charge in [-0.05, 0) is 42.3 Å². The molecule has 4 aromatic rings. The van der Waals surface area contributed by atoms with Gasteiger partial charge >= 0.3 is 0 Å². The fourth-order valence-electron chi connectivity index (χ4n) is 3.24. The van der Waals surface area contributed by atoms with Crippen molar-refractivity contribution in [3.63, 3.8) is 0 Å². The van der Waals surface area contributed by atoms with Crippen molar-refractivity contribution in [2.45, 2.75) is 6.92 Å². The number of fused-ring (bicyclic) bond motifs is 1. The van der Waals surface area contributed by atoms with Gasteiger partial charge in [0.15, 0.2) is 0 Å². The van der Waals surface area contributed by atoms with Crippen LogP contribution in [0.25, 0.3) is 28.7 Å². The Kier molecular flexibility index (Phi) is 4.75. The van der Waals surface area contributed by atoms with Crippen molar-refractivity contribution in [1.29, 1.82) is 0 Å². The first-order chi connectivity index (χ1) is 14.1. The van der Waals surface area contributed by atoms with Crippen LogP contribution in [-0.4, -0.2) is 14.5 Å². The Morgan fingerprint density at radius 2 is 1.62 bits per heavy atom. The van der Waals surface area contributed by atoms with E-state index in [4.69, 9.17) is 0 Å². The van der Waals surface area contributed by atoms with Crippen LogP contribution >= 0.6 is 0 Å². The van der Waals surface area contributed by atoms with Crippen LogP contribution in [0.3, 0.4) is 0 Å². The number of benzene rings is 3. The number of aryl methyl sites for hydroxylation is 1. The molecule has 0 aliphatic rings. The molecule has 1 aromatic heterocycles. The van der Waals surface area contributed by atoms with Crippen molar-refractivity contribution in [3.05, 3.63) is 110 Å². The molecule has 0 aliphatic carbocycles. The second-order valence-corrected chi connectivity index (χ2v) is 6.56. The Morgan fingerprint density at radius 1 is 0.931 bits per heavy atom. The predicted octanol–water partition coefficient (Wildman–Crippen LogP) is 4.77. The molecule has 1 heterocycles. The van der Waals surface area contributed by atoms with Gasteiger partial charge in [-0.15, -0.1) is 0 Å². The van der Waals surface area contributed by atoms with Gasteiger partial charge in [0.1, 0.15) is 11.5 Å². The molecule has 0 spiro atoms. The predicted molar refractivity (Wildman–Crippen MR) is 114 cm³/mol. The summed E-state index contributed by atoms with van der Waals surface area (Å²) in [5, 5.41) is 12.0. The summed E-state index contributed by atoms with van der Waals surface area (Å²) in [6.45, 7) is 1.99. The molecule has 0 bridgehead atoms. The molecule has 6 heteroatoms. The Morgan fingerprint density at radius 3 is 2.41 bits per heavy atom. The minimum Gasteiger partial charge on any atom is -0.268 e. The highest BCUT2D eigenvalue weighted by Crippen LogP contribution is 2.24. The lowest BCUT2D eigenvalue weighted by Crippen LogP contribution is -2.23. The monoisotopic (exact) mass is 383 g/mol. The number of hydrogen-bond donors (Lipinski definition) is 0. The highest BCUT2D eigenvalue weighted by Gasteiger charge is 2.19. The van der Waals surface area contributed by atoms with E-state index in [1.807, 2.05) is 37.3 Å². The third kappa shape index (κ3) is 3.43. The zero-order chi connectivity index (χ0) is 20.4. The molecule has 0 radical (unpaired) electrons. The molecule has 6 nitrogen and oxygen atoms in total. The zero-order valence-electron chi connectivity index (χ0n) is 15.6. The summed E-state index contributed by atoms with van der Waals surface area (Å²) in [5.41, 5.74) is 2.27. The Labute approximate surface area is 166 Å². The molecular weight excluding hydrogens is 366 g/mol. The number of para-hydroxylation sites is 3. The van der Waals surface area contributed by atoms with Gasteiger partial charge in [-0.25, -0.2) is 4.98 Å². The van der Waals surface area contributed by atoms with Gasteiger partial charge in [0.2, 0.25) is 0 Å². The van der Waals surface area contributed by atoms with Crippen molar-refractivity contribution in [2.75, 3.05) is 0 Å². The van der Waals surface area contributed by atoms with Crippen LogP contribution in [0.4, 0.5) is 5.69 Å². The standard InChI is InChI=1S/C23H17N3O3/c1-16-8-2-3-9-17(16)14-15-22-24-19-11-5-4-10-18(19)23(27)25(22)20-12-6-7-13-21(20)26(28)29/h2-15H,1H3/b15-14-. The van der Waals surface area contributed by atoms with Gasteiger partial charge in [0, 0.05) is 6.07 Å². The molecule has 0 saturated carbocycles. The van der Waals surface area contributed by atoms with Crippen molar-refractivity contribution in [1.82, 2.24) is 9.55 Å². The average Bonchev–Trinajstić information content (AvgIpc) is 2.73. The second-order valence-electron chi connectivity index (χ2n) is 6.56. The summed E-state index contributed by atoms with van der Waals surface area (Å²) in [5.74, 6) is 0.325. The van der Waals surface area contributed by atoms with Crippen LogP contribution in [0.2, 0.25) is 0 Å². The summed E-state index contributed by atoms with van der Waals surface area (Å²) in [7, 11) is 0. The molecule has 0 amide bonds. The van der Waals surface area contributed by atoms with Crippen LogP contribution in [0.15, 0.2) is 77.6 Å². The van der Waals surface area contributed by atoms with Gasteiger partial charge in [-0.1, -0.05) is 54.6 Å². The zero-order valence-corrected chi connectivity index (χ0v) is 15.6. The van der Waals surface area contributed by atoms with E-state index in [2.05, 4.69) is 4.98 Å². The van der Waals surface area contributed by atoms with Crippen LogP contribution in [0.5, 0.6) is 0 Å². The lowest BCUT2D eigenvalue weighted by atomic mass is 10.1. The maximum absolute atomic E-state index is 13.3. The SMILES string of the molecule is Cc1ccccc1/C=C\c1nc2ccccc2c(=O)n1-c1ccccc1[N+](=O)[O-]. The van der Waals surface area contributed by atoms with Crippen molar-refractivity contribution >= 4 is 28.7 Å². The quantitative estimate of drug-likeness (QED) is 0.375. The molecule has 4 rings (SSSR count). The highest BCUT2D eigenvalue weighted by atomic mass is 16.6. The fraction of sp³-hybridized carbons (Fsp3) is 0.0435. The topological polar surface area (TPSA) is 78.0 Å². The molecule has 0 N–H and O–H groups in total. The number of nitro benzene ring substituents is 1. The lowest BCUT2D eigenvalue weighted by molar-refractivity contribution is -0.384. The lowest BCUT2D eigenvalue weighted by Gasteiger charge is -2.11. The maximum Gasteiger partial charge on any atom is 0.293 e. The molecule has 0 aliphatic heterocycles. The number of aromatic nitrogens is 2. The van der Waals surface area contributed by atoms with E-state index in [-0.39, 0.29) is 16.9 Å². The Hall–Kier alpha value is -4.06. The van der Waals surface area contributed by atoms with Gasteiger partial charge in [0.25, 0.3) is 11.2 Å². The minimum atomic E-state index is -0.494. The van der Waals surface area contributed by atoms with Gasteiger partial charge in [-0.3, -0.25) is 19.5 Å². The van der Waals surface area contributed by atoms with E-state index in [9.17, 15) is 14.9 Å². The molecule has 142 valence electrons. The third-order valence-corrected chi connectivity index (χ3v) is 4.72. The Balaban J connectivity index is 2.02. The molecule has 0 fully saturated rings. The normalized spacial score (nSPS) is 11.2. The highest BCUT2D eigenvalue weighted by molar-refractivity contribution is 5.80. The number of rotatable bonds is 4. The molecule has 0 atom stereocenters. The van der Waals surface area contributed by atoms with E-state index in [0.717, 1.165) is 11.1 Å². The van der Waals surface area contributed by atoms with E-state index < -0.39 is 4.92 Å². The van der Waals surface area contributed by atoms with E-state index in [0.29, 0.717) is 16.7 Å². The second kappa shape index (κ2) is 7.52. The van der Waals surface area contributed by atoms with Gasteiger partial charge in [0.05, 0.1) is 15.8 Å². The van der Waals surface area contributed by atoms with Crippen molar-refractivity contribution in [2.24, 2.45) is 0 Å². The Bertz CT molecular complexity index is 1320. The smallest absolute Gasteiger partial charge is 0.268 e. The van der Waals surface area contributed by atoms with Crippen LogP contribution < -0.4 is 5.56 Å². The van der Waals surface area contributed by atoms with E-state index in [1.54, 1.807) is 48.5 Å². The van der Waals surface area contributed by atoms with Crippen molar-refractivity contribution < 1.29 is 4.92 Å². The molecular formula is C23H17N3O3. The summed E-state index contributed by atoms with van der Waals surface area (Å²) < 4.78 is 1.30. The third-order valence-electron chi connectivity index (χ3n) is 4.72. The van der Waals surface area contributed by atoms with E-state index in [1.165, 1.54) is 10.6 Å². The summed E-state index contributed by atoms with van der Waals surface area (Å²) in [6.07, 6.45) is 3.57. The number of nitrogens with zero attached hydrogens (tertiary/aromatic N) is 3. The van der Waals surface area contributed by atoms with Crippen LogP contribution in [0.1, 0.15) is 17.0 Å². The minimum absolute atomic E-state index is 0.155. The molecule has 3 aromatic carbocycles. The summed E-state index contributed by atoms with van der Waals surface area (Å²) >= 11 is 0. The number of nitro groups is 1. The first-order valence-corrected chi connectivity index (χ1v) is 9.05. The largest absolute Gasteiger partial charge is 0.293 e. The van der Waals surface area contributed by atoms with Crippen molar-refractivity contribution in [3.8, 4) is 5.69 Å². The van der Waals surface area contributed by atoms with Crippen LogP contribution in [0, 0.1) is 17.0 Å². The first-order valence-electron chi connectivity index (χ1n) is 9.05. The summed E-state index contributed by atoms with van der Waals surface area (Å²) in [6, 6.07) is 21.0. The maximum atomic E-state index is 13.3. The van der Waals surface area contributed by atoms with Gasteiger partial charge < -0.3 is 0 Å². The molecule has 0 unspecified atom stereocenters. The van der Waals surface area contributed by atoms with E-state index >= 15 is 0 Å². The molecule has 29 heavy (non-hydrogen) atoms. The first kappa shape index (κ1) is 18.3. The summed E-state index contributed by atoms with van der Waals surface area (Å²) in [4.78, 5) is 28.9. The molecule has 0 saturated heterocycles.